The van der Waals surface area contributed by atoms with Crippen LogP contribution >= 0.6 is 0 Å². The molecule has 3 nitrogen and oxygen atoms in total. The molecule has 0 radical (unpaired) electrons. The van der Waals surface area contributed by atoms with Crippen molar-refractivity contribution in [3.8, 4) is 5.75 Å². The van der Waals surface area contributed by atoms with Crippen molar-refractivity contribution >= 4 is 14.6 Å². The maximum atomic E-state index is 12.7. The number of hydrogen-bond donors (Lipinski definition) is 0. The van der Waals surface area contributed by atoms with E-state index in [0.29, 0.717) is 6.29 Å². The quantitative estimate of drug-likeness (QED) is 0.553. The van der Waals surface area contributed by atoms with Gasteiger partial charge in [0.15, 0.2) is 14.6 Å². The van der Waals surface area contributed by atoms with Gasteiger partial charge in [0.05, 0.1) is 5.56 Å². The molecule has 0 heterocycles. The number of benzene rings is 1. The molecule has 0 aliphatic carbocycles. The maximum absolute atomic E-state index is 12.7. The summed E-state index contributed by atoms with van der Waals surface area (Å²) in [5.41, 5.74) is -0.789. The molecule has 7 heteroatoms. The van der Waals surface area contributed by atoms with E-state index < -0.39 is 26.2 Å². The summed E-state index contributed by atoms with van der Waals surface area (Å²) in [5.74, 6) is 0.0607. The largest absolute Gasteiger partial charge is 0.490 e. The first kappa shape index (κ1) is 19.7. The molecule has 0 aliphatic rings. The lowest BCUT2D eigenvalue weighted by atomic mass is 10.2. The van der Waals surface area contributed by atoms with Gasteiger partial charge in [0, 0.05) is 0 Å². The van der Waals surface area contributed by atoms with E-state index in [4.69, 9.17) is 9.16 Å². The molecule has 0 spiro atoms. The topological polar surface area (TPSA) is 35.5 Å². The minimum Gasteiger partial charge on any atom is -0.490 e. The molecule has 0 N–H and O–H groups in total. The Kier molecular flexibility index (Phi) is 6.04. The van der Waals surface area contributed by atoms with Crippen molar-refractivity contribution in [1.82, 2.24) is 0 Å². The van der Waals surface area contributed by atoms with Crippen molar-refractivity contribution in [3.05, 3.63) is 29.8 Å². The molecule has 0 saturated heterocycles. The Morgan fingerprint density at radius 3 is 2.30 bits per heavy atom. The van der Waals surface area contributed by atoms with Crippen molar-refractivity contribution in [2.75, 3.05) is 6.61 Å². The third-order valence-corrected chi connectivity index (χ3v) is 8.48. The van der Waals surface area contributed by atoms with Crippen LogP contribution in [0.25, 0.3) is 0 Å². The van der Waals surface area contributed by atoms with Gasteiger partial charge >= 0.3 is 6.18 Å². The van der Waals surface area contributed by atoms with Crippen LogP contribution in [0.5, 0.6) is 5.75 Å². The molecule has 0 aromatic heterocycles. The van der Waals surface area contributed by atoms with Gasteiger partial charge in [-0.1, -0.05) is 26.8 Å². The Balaban J connectivity index is 2.74. The van der Waals surface area contributed by atoms with Crippen LogP contribution in [0, 0.1) is 0 Å². The lowest BCUT2D eigenvalue weighted by Gasteiger charge is -2.37. The summed E-state index contributed by atoms with van der Waals surface area (Å²) in [5, 5.41) is -0.0789. The van der Waals surface area contributed by atoms with Gasteiger partial charge in [0.1, 0.15) is 18.5 Å². The molecular weight excluding hydrogens is 325 g/mol. The van der Waals surface area contributed by atoms with Crippen LogP contribution in [0.1, 0.15) is 26.3 Å². The molecule has 1 rings (SSSR count). The first-order chi connectivity index (χ1) is 10.4. The van der Waals surface area contributed by atoms with Crippen molar-refractivity contribution in [1.29, 1.82) is 0 Å². The highest BCUT2D eigenvalue weighted by Crippen LogP contribution is 2.37. The number of ether oxygens (including phenoxy) is 1. The summed E-state index contributed by atoms with van der Waals surface area (Å²) in [6.07, 6.45) is -4.60. The Hall–Kier alpha value is -1.34. The Morgan fingerprint density at radius 2 is 1.83 bits per heavy atom. The second-order valence-corrected chi connectivity index (χ2v) is 11.6. The number of rotatable bonds is 6. The SMILES string of the molecule is CC(C)(C)[Si](C)(C)OC(C=O)COc1cccc(C(F)(F)F)c1. The standard InChI is InChI=1S/C16H23F3O3Si/c1-15(2,3)23(4,5)22-14(10-20)11-21-13-8-6-7-12(9-13)16(17,18)19/h6-10,14H,11H2,1-5H3. The zero-order valence-electron chi connectivity index (χ0n) is 14.0. The van der Waals surface area contributed by atoms with Gasteiger partial charge in [0.25, 0.3) is 0 Å². The fourth-order valence-electron chi connectivity index (χ4n) is 1.60. The number of aldehydes is 1. The monoisotopic (exact) mass is 348 g/mol. The summed E-state index contributed by atoms with van der Waals surface area (Å²) in [6.45, 7) is 9.98. The summed E-state index contributed by atoms with van der Waals surface area (Å²) < 4.78 is 49.2. The first-order valence-corrected chi connectivity index (χ1v) is 10.2. The number of hydrogen-bond acceptors (Lipinski definition) is 3. The average Bonchev–Trinajstić information content (AvgIpc) is 2.41. The van der Waals surface area contributed by atoms with E-state index in [0.717, 1.165) is 12.1 Å². The predicted molar refractivity (Wildman–Crippen MR) is 85.1 cm³/mol. The van der Waals surface area contributed by atoms with Crippen LogP contribution in [0.15, 0.2) is 24.3 Å². The van der Waals surface area contributed by atoms with Gasteiger partial charge in [-0.25, -0.2) is 0 Å². The first-order valence-electron chi connectivity index (χ1n) is 7.30. The van der Waals surface area contributed by atoms with Gasteiger partial charge in [-0.05, 0) is 36.3 Å². The Labute approximate surface area is 135 Å². The summed E-state index contributed by atoms with van der Waals surface area (Å²) in [4.78, 5) is 11.2. The summed E-state index contributed by atoms with van der Waals surface area (Å²) in [6, 6.07) is 4.57. The molecule has 0 amide bonds. The molecular formula is C16H23F3O3Si. The zero-order valence-corrected chi connectivity index (χ0v) is 15.0. The lowest BCUT2D eigenvalue weighted by molar-refractivity contribution is -0.137. The third kappa shape index (κ3) is 5.66. The molecule has 0 fully saturated rings. The van der Waals surface area contributed by atoms with Gasteiger partial charge in [-0.2, -0.15) is 13.2 Å². The maximum Gasteiger partial charge on any atom is 0.416 e. The van der Waals surface area contributed by atoms with Crippen molar-refractivity contribution < 1.29 is 27.1 Å². The van der Waals surface area contributed by atoms with E-state index >= 15 is 0 Å². The predicted octanol–water partition coefficient (Wildman–Crippen LogP) is 4.67. The van der Waals surface area contributed by atoms with Crippen LogP contribution < -0.4 is 4.74 Å². The summed E-state index contributed by atoms with van der Waals surface area (Å²) in [7, 11) is -2.16. The number of carbonyl (C=O) groups is 1. The molecule has 1 atom stereocenters. The minimum atomic E-state index is -4.43. The molecule has 0 saturated carbocycles. The number of halogens is 3. The van der Waals surface area contributed by atoms with Crippen molar-refractivity contribution in [3.63, 3.8) is 0 Å². The van der Waals surface area contributed by atoms with Crippen LogP contribution in [-0.2, 0) is 15.4 Å². The Morgan fingerprint density at radius 1 is 1.22 bits per heavy atom. The molecule has 0 bridgehead atoms. The van der Waals surface area contributed by atoms with Gasteiger partial charge in [-0.3, -0.25) is 0 Å². The molecule has 0 aliphatic heterocycles. The zero-order chi connectivity index (χ0) is 17.9. The highest BCUT2D eigenvalue weighted by atomic mass is 28.4. The second-order valence-electron chi connectivity index (χ2n) is 6.89. The molecule has 1 unspecified atom stereocenters. The summed E-state index contributed by atoms with van der Waals surface area (Å²) >= 11 is 0. The van der Waals surface area contributed by atoms with Gasteiger partial charge in [-0.15, -0.1) is 0 Å². The minimum absolute atomic E-state index is 0.0607. The van der Waals surface area contributed by atoms with E-state index in [1.165, 1.54) is 12.1 Å². The Bertz CT molecular complexity index is 536. The van der Waals surface area contributed by atoms with Crippen LogP contribution in [0.3, 0.4) is 0 Å². The lowest BCUT2D eigenvalue weighted by Crippen LogP contribution is -2.45. The third-order valence-electron chi connectivity index (χ3n) is 3.98. The van der Waals surface area contributed by atoms with Crippen LogP contribution in [0.4, 0.5) is 13.2 Å². The van der Waals surface area contributed by atoms with Gasteiger partial charge in [0.2, 0.25) is 0 Å². The fraction of sp³-hybridized carbons (Fsp3) is 0.562. The smallest absolute Gasteiger partial charge is 0.416 e. The van der Waals surface area contributed by atoms with E-state index in [1.54, 1.807) is 0 Å². The number of carbonyl (C=O) groups excluding carboxylic acids is 1. The molecule has 130 valence electrons. The van der Waals surface area contributed by atoms with Gasteiger partial charge < -0.3 is 14.0 Å². The highest BCUT2D eigenvalue weighted by Gasteiger charge is 2.39. The van der Waals surface area contributed by atoms with E-state index in [-0.39, 0.29) is 17.4 Å². The van der Waals surface area contributed by atoms with E-state index in [2.05, 4.69) is 0 Å². The molecule has 1 aromatic carbocycles. The van der Waals surface area contributed by atoms with Crippen molar-refractivity contribution in [2.45, 2.75) is 51.2 Å². The number of alkyl halides is 3. The highest BCUT2D eigenvalue weighted by molar-refractivity contribution is 6.74. The molecule has 1 aromatic rings. The van der Waals surface area contributed by atoms with E-state index in [9.17, 15) is 18.0 Å². The second kappa shape index (κ2) is 7.05. The molecule has 23 heavy (non-hydrogen) atoms. The van der Waals surface area contributed by atoms with Crippen LogP contribution in [0.2, 0.25) is 18.1 Å². The normalized spacial score (nSPS) is 14.4. The van der Waals surface area contributed by atoms with E-state index in [1.807, 2.05) is 33.9 Å². The van der Waals surface area contributed by atoms with Crippen molar-refractivity contribution in [2.24, 2.45) is 0 Å². The average molecular weight is 348 g/mol. The fourth-order valence-corrected chi connectivity index (χ4v) is 2.83. The van der Waals surface area contributed by atoms with Crippen LogP contribution in [-0.4, -0.2) is 27.3 Å².